The Kier molecular flexibility index (Phi) is 5.25. The Bertz CT molecular complexity index is 956. The molecule has 1 atom stereocenters. The molecule has 1 aliphatic rings. The standard InChI is InChI=1S/C19H21N5O3S/c1-23-15(9-14(22-23)16-6-4-8-28-16)19(25)24-7-3-5-13(12-24)27-18-11-20-10-17(21-18)26-2/h4,6,8-11,13H,3,5,7,12H2,1-2H3. The Labute approximate surface area is 166 Å². The second kappa shape index (κ2) is 7.97. The number of carbonyl (C=O) groups is 1. The van der Waals surface area contributed by atoms with Crippen LogP contribution in [0.4, 0.5) is 0 Å². The lowest BCUT2D eigenvalue weighted by molar-refractivity contribution is 0.0515. The van der Waals surface area contributed by atoms with Gasteiger partial charge in [-0.3, -0.25) is 14.5 Å². The van der Waals surface area contributed by atoms with Crippen LogP contribution in [0.2, 0.25) is 0 Å². The first-order valence-electron chi connectivity index (χ1n) is 9.04. The first-order chi connectivity index (χ1) is 13.6. The average molecular weight is 399 g/mol. The van der Waals surface area contributed by atoms with Crippen molar-refractivity contribution in [3.8, 4) is 22.3 Å². The van der Waals surface area contributed by atoms with E-state index in [2.05, 4.69) is 15.1 Å². The van der Waals surface area contributed by atoms with Gasteiger partial charge in [-0.2, -0.15) is 10.1 Å². The third kappa shape index (κ3) is 3.84. The molecule has 1 unspecified atom stereocenters. The van der Waals surface area contributed by atoms with E-state index in [0.717, 1.165) is 23.4 Å². The maximum Gasteiger partial charge on any atom is 0.272 e. The Morgan fingerprint density at radius 2 is 2.18 bits per heavy atom. The topological polar surface area (TPSA) is 82.4 Å². The number of aryl methyl sites for hydroxylation is 1. The molecule has 3 aromatic rings. The molecule has 4 rings (SSSR count). The third-order valence-corrected chi connectivity index (χ3v) is 5.52. The molecule has 1 fully saturated rings. The van der Waals surface area contributed by atoms with Crippen LogP contribution < -0.4 is 9.47 Å². The molecular weight excluding hydrogens is 378 g/mol. The summed E-state index contributed by atoms with van der Waals surface area (Å²) in [5, 5.41) is 6.49. The van der Waals surface area contributed by atoms with Crippen molar-refractivity contribution in [3.05, 3.63) is 41.7 Å². The molecule has 3 aromatic heterocycles. The summed E-state index contributed by atoms with van der Waals surface area (Å²) in [5.41, 5.74) is 1.39. The summed E-state index contributed by atoms with van der Waals surface area (Å²) in [6, 6.07) is 5.83. The normalized spacial score (nSPS) is 16.8. The first-order valence-corrected chi connectivity index (χ1v) is 9.92. The highest BCUT2D eigenvalue weighted by molar-refractivity contribution is 7.13. The predicted molar refractivity (Wildman–Crippen MR) is 105 cm³/mol. The molecule has 146 valence electrons. The highest BCUT2D eigenvalue weighted by atomic mass is 32.1. The van der Waals surface area contributed by atoms with Gasteiger partial charge in [0, 0.05) is 13.6 Å². The van der Waals surface area contributed by atoms with Crippen molar-refractivity contribution >= 4 is 17.2 Å². The minimum absolute atomic E-state index is 0.0390. The lowest BCUT2D eigenvalue weighted by Gasteiger charge is -2.32. The van der Waals surface area contributed by atoms with Crippen LogP contribution >= 0.6 is 11.3 Å². The molecule has 0 N–H and O–H groups in total. The molecule has 8 nitrogen and oxygen atoms in total. The van der Waals surface area contributed by atoms with Gasteiger partial charge in [-0.25, -0.2) is 0 Å². The minimum atomic E-state index is -0.135. The minimum Gasteiger partial charge on any atom is -0.480 e. The van der Waals surface area contributed by atoms with Crippen molar-refractivity contribution in [1.82, 2.24) is 24.6 Å². The van der Waals surface area contributed by atoms with Crippen LogP contribution in [-0.4, -0.2) is 56.9 Å². The van der Waals surface area contributed by atoms with E-state index in [4.69, 9.17) is 9.47 Å². The van der Waals surface area contributed by atoms with Crippen LogP contribution in [0, 0.1) is 0 Å². The number of likely N-dealkylation sites (tertiary alicyclic amines) is 1. The number of amides is 1. The van der Waals surface area contributed by atoms with Crippen LogP contribution in [-0.2, 0) is 7.05 Å². The van der Waals surface area contributed by atoms with Crippen molar-refractivity contribution < 1.29 is 14.3 Å². The van der Waals surface area contributed by atoms with Crippen LogP contribution in [0.15, 0.2) is 36.0 Å². The average Bonchev–Trinajstić information content (AvgIpc) is 3.37. The predicted octanol–water partition coefficient (Wildman–Crippen LogP) is 2.63. The van der Waals surface area contributed by atoms with Gasteiger partial charge >= 0.3 is 0 Å². The van der Waals surface area contributed by atoms with Crippen molar-refractivity contribution in [2.45, 2.75) is 18.9 Å². The van der Waals surface area contributed by atoms with Crippen molar-refractivity contribution in [2.75, 3.05) is 20.2 Å². The molecule has 0 bridgehead atoms. The van der Waals surface area contributed by atoms with Crippen molar-refractivity contribution in [1.29, 1.82) is 0 Å². The van der Waals surface area contributed by atoms with Gasteiger partial charge in [0.2, 0.25) is 11.8 Å². The van der Waals surface area contributed by atoms with E-state index < -0.39 is 0 Å². The highest BCUT2D eigenvalue weighted by Crippen LogP contribution is 2.25. The zero-order valence-corrected chi connectivity index (χ0v) is 16.6. The number of aromatic nitrogens is 4. The molecule has 28 heavy (non-hydrogen) atoms. The Morgan fingerprint density at radius 3 is 2.96 bits per heavy atom. The molecule has 0 aliphatic carbocycles. The molecule has 1 aliphatic heterocycles. The smallest absolute Gasteiger partial charge is 0.272 e. The van der Waals surface area contributed by atoms with Crippen molar-refractivity contribution in [3.63, 3.8) is 0 Å². The van der Waals surface area contributed by atoms with Gasteiger partial charge in [-0.15, -0.1) is 11.3 Å². The number of ether oxygens (including phenoxy) is 2. The fraction of sp³-hybridized carbons (Fsp3) is 0.368. The van der Waals surface area contributed by atoms with E-state index in [-0.39, 0.29) is 12.0 Å². The second-order valence-electron chi connectivity index (χ2n) is 6.55. The fourth-order valence-corrected chi connectivity index (χ4v) is 3.93. The van der Waals surface area contributed by atoms with E-state index in [1.165, 1.54) is 13.3 Å². The maximum absolute atomic E-state index is 13.1. The van der Waals surface area contributed by atoms with Gasteiger partial charge in [-0.05, 0) is 30.4 Å². The zero-order chi connectivity index (χ0) is 19.5. The molecule has 0 aromatic carbocycles. The van der Waals surface area contributed by atoms with Crippen LogP contribution in [0.5, 0.6) is 11.8 Å². The molecule has 0 radical (unpaired) electrons. The van der Waals surface area contributed by atoms with E-state index in [0.29, 0.717) is 30.5 Å². The largest absolute Gasteiger partial charge is 0.480 e. The molecule has 0 saturated carbocycles. The number of piperidine rings is 1. The van der Waals surface area contributed by atoms with E-state index in [1.54, 1.807) is 29.3 Å². The number of nitrogens with zero attached hydrogens (tertiary/aromatic N) is 5. The Hall–Kier alpha value is -2.94. The first kappa shape index (κ1) is 18.4. The van der Waals surface area contributed by atoms with Crippen LogP contribution in [0.25, 0.3) is 10.6 Å². The van der Waals surface area contributed by atoms with Gasteiger partial charge in [0.25, 0.3) is 5.91 Å². The summed E-state index contributed by atoms with van der Waals surface area (Å²) in [7, 11) is 3.33. The number of hydrogen-bond acceptors (Lipinski definition) is 7. The number of rotatable bonds is 5. The maximum atomic E-state index is 13.1. The molecular formula is C19H21N5O3S. The SMILES string of the molecule is COc1cncc(OC2CCCN(C(=O)c3cc(-c4cccs4)nn3C)C2)n1. The van der Waals surface area contributed by atoms with Crippen LogP contribution in [0.1, 0.15) is 23.3 Å². The van der Waals surface area contributed by atoms with Crippen LogP contribution in [0.3, 0.4) is 0 Å². The van der Waals surface area contributed by atoms with E-state index in [1.807, 2.05) is 28.5 Å². The lowest BCUT2D eigenvalue weighted by atomic mass is 10.1. The number of carbonyl (C=O) groups excluding carboxylic acids is 1. The quantitative estimate of drug-likeness (QED) is 0.656. The summed E-state index contributed by atoms with van der Waals surface area (Å²) < 4.78 is 12.7. The molecule has 1 amide bonds. The Balaban J connectivity index is 1.46. The van der Waals surface area contributed by atoms with Gasteiger partial charge in [0.1, 0.15) is 17.5 Å². The monoisotopic (exact) mass is 399 g/mol. The summed E-state index contributed by atoms with van der Waals surface area (Å²) in [6.07, 6.45) is 4.66. The van der Waals surface area contributed by atoms with E-state index >= 15 is 0 Å². The lowest BCUT2D eigenvalue weighted by Crippen LogP contribution is -2.45. The number of hydrogen-bond donors (Lipinski definition) is 0. The molecule has 0 spiro atoms. The summed E-state index contributed by atoms with van der Waals surface area (Å²) >= 11 is 1.61. The number of thiophene rings is 1. The highest BCUT2D eigenvalue weighted by Gasteiger charge is 2.28. The molecule has 9 heteroatoms. The fourth-order valence-electron chi connectivity index (χ4n) is 3.25. The van der Waals surface area contributed by atoms with Crippen molar-refractivity contribution in [2.24, 2.45) is 7.05 Å². The molecule has 4 heterocycles. The molecule has 1 saturated heterocycles. The zero-order valence-electron chi connectivity index (χ0n) is 15.7. The third-order valence-electron chi connectivity index (χ3n) is 4.62. The summed E-state index contributed by atoms with van der Waals surface area (Å²) in [5.74, 6) is 0.763. The van der Waals surface area contributed by atoms with Gasteiger partial charge in [0.15, 0.2) is 0 Å². The van der Waals surface area contributed by atoms with Gasteiger partial charge in [-0.1, -0.05) is 6.07 Å². The summed E-state index contributed by atoms with van der Waals surface area (Å²) in [4.78, 5) is 24.2. The number of methoxy groups -OCH3 is 1. The second-order valence-corrected chi connectivity index (χ2v) is 7.50. The van der Waals surface area contributed by atoms with Gasteiger partial charge in [0.05, 0.1) is 30.9 Å². The summed E-state index contributed by atoms with van der Waals surface area (Å²) in [6.45, 7) is 1.19. The van der Waals surface area contributed by atoms with Gasteiger partial charge < -0.3 is 14.4 Å². The Morgan fingerprint density at radius 1 is 1.32 bits per heavy atom. The van der Waals surface area contributed by atoms with E-state index in [9.17, 15) is 4.79 Å².